The summed E-state index contributed by atoms with van der Waals surface area (Å²) in [5.74, 6) is -1.05. The number of ether oxygens (including phenoxy) is 1. The van der Waals surface area contributed by atoms with Gasteiger partial charge in [0, 0.05) is 13.2 Å². The number of hydrogen-bond acceptors (Lipinski definition) is 4. The van der Waals surface area contributed by atoms with Crippen LogP contribution in [-0.4, -0.2) is 43.0 Å². The van der Waals surface area contributed by atoms with E-state index in [2.05, 4.69) is 16.0 Å². The van der Waals surface area contributed by atoms with Crippen LogP contribution in [0.5, 0.6) is 0 Å². The first-order valence-corrected chi connectivity index (χ1v) is 8.06. The van der Waals surface area contributed by atoms with Gasteiger partial charge >= 0.3 is 0 Å². The van der Waals surface area contributed by atoms with E-state index in [1.54, 1.807) is 24.3 Å². The van der Waals surface area contributed by atoms with Gasteiger partial charge in [-0.2, -0.15) is 0 Å². The summed E-state index contributed by atoms with van der Waals surface area (Å²) in [6.07, 6.45) is 0.752. The molecule has 0 saturated heterocycles. The fourth-order valence-electron chi connectivity index (χ4n) is 2.33. The molecule has 7 heteroatoms. The van der Waals surface area contributed by atoms with Crippen LogP contribution in [0.15, 0.2) is 24.3 Å². The second-order valence-corrected chi connectivity index (χ2v) is 5.89. The number of para-hydroxylation sites is 1. The molecule has 1 aliphatic rings. The Morgan fingerprint density at radius 2 is 2.04 bits per heavy atom. The van der Waals surface area contributed by atoms with E-state index in [1.807, 2.05) is 13.8 Å². The molecule has 7 nitrogen and oxygen atoms in total. The molecule has 0 fully saturated rings. The number of anilines is 1. The first kappa shape index (κ1) is 17.9. The topological polar surface area (TPSA) is 96.5 Å². The molecule has 1 unspecified atom stereocenters. The van der Waals surface area contributed by atoms with Crippen molar-refractivity contribution in [1.29, 1.82) is 0 Å². The van der Waals surface area contributed by atoms with Crippen molar-refractivity contribution in [1.82, 2.24) is 10.6 Å². The van der Waals surface area contributed by atoms with Crippen molar-refractivity contribution in [3.8, 4) is 0 Å². The highest BCUT2D eigenvalue weighted by molar-refractivity contribution is 6.10. The second-order valence-electron chi connectivity index (χ2n) is 5.89. The van der Waals surface area contributed by atoms with E-state index in [0.717, 1.165) is 0 Å². The normalized spacial score (nSPS) is 16.9. The number of nitrogens with one attached hydrogen (secondary N) is 3. The molecular weight excluding hydrogens is 310 g/mol. The third kappa shape index (κ3) is 5.06. The fourth-order valence-corrected chi connectivity index (χ4v) is 2.33. The number of carbonyl (C=O) groups is 3. The van der Waals surface area contributed by atoms with Crippen LogP contribution in [-0.2, 0) is 14.3 Å². The molecule has 0 radical (unpaired) electrons. The Morgan fingerprint density at radius 3 is 2.79 bits per heavy atom. The molecule has 1 atom stereocenters. The lowest BCUT2D eigenvalue weighted by Crippen LogP contribution is -2.44. The quantitative estimate of drug-likeness (QED) is 0.650. The highest BCUT2D eigenvalue weighted by atomic mass is 16.5. The molecule has 1 aliphatic heterocycles. The highest BCUT2D eigenvalue weighted by Gasteiger charge is 2.29. The number of rotatable bonds is 7. The molecule has 0 spiro atoms. The molecule has 1 aromatic carbocycles. The van der Waals surface area contributed by atoms with Crippen molar-refractivity contribution in [2.75, 3.05) is 18.5 Å². The summed E-state index contributed by atoms with van der Waals surface area (Å²) >= 11 is 0. The second kappa shape index (κ2) is 8.44. The van der Waals surface area contributed by atoms with E-state index >= 15 is 0 Å². The minimum Gasteiger partial charge on any atom is -0.379 e. The Morgan fingerprint density at radius 1 is 1.29 bits per heavy atom. The van der Waals surface area contributed by atoms with Gasteiger partial charge in [-0.05, 0) is 32.4 Å². The van der Waals surface area contributed by atoms with Crippen LogP contribution >= 0.6 is 0 Å². The average molecular weight is 333 g/mol. The van der Waals surface area contributed by atoms with Gasteiger partial charge in [0.2, 0.25) is 11.8 Å². The fraction of sp³-hybridized carbons (Fsp3) is 0.471. The number of benzene rings is 1. The molecule has 2 rings (SSSR count). The Bertz CT molecular complexity index is 616. The Hall–Kier alpha value is -2.41. The van der Waals surface area contributed by atoms with Gasteiger partial charge in [0.25, 0.3) is 5.91 Å². The predicted molar refractivity (Wildman–Crippen MR) is 89.7 cm³/mol. The van der Waals surface area contributed by atoms with Gasteiger partial charge in [-0.3, -0.25) is 14.4 Å². The predicted octanol–water partition coefficient (Wildman–Crippen LogP) is 1.06. The third-order valence-corrected chi connectivity index (χ3v) is 3.54. The molecular formula is C17H23N3O4. The van der Waals surface area contributed by atoms with E-state index in [0.29, 0.717) is 30.8 Å². The monoisotopic (exact) mass is 333 g/mol. The largest absolute Gasteiger partial charge is 0.379 e. The van der Waals surface area contributed by atoms with Gasteiger partial charge in [0.1, 0.15) is 6.04 Å². The summed E-state index contributed by atoms with van der Waals surface area (Å²) in [4.78, 5) is 36.3. The standard InChI is InChI=1S/C17H23N3O4/c1-11(2)24-9-5-8-18-15(21)10-14-17(23)19-13-7-4-3-6-12(13)16(22)20-14/h3-4,6-7,11,14H,5,8-10H2,1-2H3,(H,18,21)(H,19,23)(H,20,22). The summed E-state index contributed by atoms with van der Waals surface area (Å²) in [7, 11) is 0. The molecule has 130 valence electrons. The highest BCUT2D eigenvalue weighted by Crippen LogP contribution is 2.18. The number of amides is 3. The average Bonchev–Trinajstić information content (AvgIpc) is 2.64. The van der Waals surface area contributed by atoms with Gasteiger partial charge in [-0.15, -0.1) is 0 Å². The zero-order chi connectivity index (χ0) is 17.5. The van der Waals surface area contributed by atoms with Crippen LogP contribution in [0.4, 0.5) is 5.69 Å². The van der Waals surface area contributed by atoms with Gasteiger partial charge in [0.15, 0.2) is 0 Å². The molecule has 0 bridgehead atoms. The summed E-state index contributed by atoms with van der Waals surface area (Å²) in [5.41, 5.74) is 0.841. The summed E-state index contributed by atoms with van der Waals surface area (Å²) in [6, 6.07) is 5.85. The minimum absolute atomic E-state index is 0.101. The van der Waals surface area contributed by atoms with E-state index in [1.165, 1.54) is 0 Å². The van der Waals surface area contributed by atoms with Crippen molar-refractivity contribution < 1.29 is 19.1 Å². The molecule has 3 N–H and O–H groups in total. The van der Waals surface area contributed by atoms with E-state index in [9.17, 15) is 14.4 Å². The Kier molecular flexibility index (Phi) is 6.31. The maximum Gasteiger partial charge on any atom is 0.254 e. The Labute approximate surface area is 141 Å². The van der Waals surface area contributed by atoms with Crippen molar-refractivity contribution in [3.63, 3.8) is 0 Å². The smallest absolute Gasteiger partial charge is 0.254 e. The minimum atomic E-state index is -0.892. The van der Waals surface area contributed by atoms with Gasteiger partial charge in [0.05, 0.1) is 23.8 Å². The number of carbonyl (C=O) groups excluding carboxylic acids is 3. The number of fused-ring (bicyclic) bond motifs is 1. The van der Waals surface area contributed by atoms with Crippen LogP contribution in [0.25, 0.3) is 0 Å². The lowest BCUT2D eigenvalue weighted by Gasteiger charge is -2.14. The lowest BCUT2D eigenvalue weighted by molar-refractivity contribution is -0.125. The molecule has 0 saturated carbocycles. The molecule has 1 aromatic rings. The van der Waals surface area contributed by atoms with E-state index < -0.39 is 11.9 Å². The van der Waals surface area contributed by atoms with Gasteiger partial charge in [-0.1, -0.05) is 12.1 Å². The van der Waals surface area contributed by atoms with Crippen LogP contribution in [0, 0.1) is 0 Å². The lowest BCUT2D eigenvalue weighted by atomic mass is 10.1. The third-order valence-electron chi connectivity index (χ3n) is 3.54. The van der Waals surface area contributed by atoms with Gasteiger partial charge < -0.3 is 20.7 Å². The summed E-state index contributed by atoms with van der Waals surface area (Å²) < 4.78 is 5.38. The molecule has 1 heterocycles. The van der Waals surface area contributed by atoms with E-state index in [-0.39, 0.29) is 24.3 Å². The van der Waals surface area contributed by atoms with Crippen LogP contribution < -0.4 is 16.0 Å². The first-order valence-electron chi connectivity index (χ1n) is 8.06. The molecule has 3 amide bonds. The van der Waals surface area contributed by atoms with Crippen molar-refractivity contribution in [2.24, 2.45) is 0 Å². The number of hydrogen-bond donors (Lipinski definition) is 3. The van der Waals surface area contributed by atoms with E-state index in [4.69, 9.17) is 4.74 Å². The van der Waals surface area contributed by atoms with Crippen molar-refractivity contribution in [2.45, 2.75) is 38.8 Å². The van der Waals surface area contributed by atoms with Crippen LogP contribution in [0.2, 0.25) is 0 Å². The molecule has 24 heavy (non-hydrogen) atoms. The van der Waals surface area contributed by atoms with Crippen molar-refractivity contribution in [3.05, 3.63) is 29.8 Å². The van der Waals surface area contributed by atoms with Crippen LogP contribution in [0.3, 0.4) is 0 Å². The summed E-state index contributed by atoms with van der Waals surface area (Å²) in [6.45, 7) is 4.93. The molecule has 0 aliphatic carbocycles. The zero-order valence-corrected chi connectivity index (χ0v) is 13.9. The molecule has 0 aromatic heterocycles. The van der Waals surface area contributed by atoms with Crippen molar-refractivity contribution >= 4 is 23.4 Å². The SMILES string of the molecule is CC(C)OCCCNC(=O)CC1NC(=O)c2ccccc2NC1=O. The maximum absolute atomic E-state index is 12.2. The summed E-state index contributed by atoms with van der Waals surface area (Å²) in [5, 5.41) is 8.00. The first-order chi connectivity index (χ1) is 11.5. The Balaban J connectivity index is 1.83. The zero-order valence-electron chi connectivity index (χ0n) is 13.9. The van der Waals surface area contributed by atoms with Gasteiger partial charge in [-0.25, -0.2) is 0 Å². The maximum atomic E-state index is 12.2. The van der Waals surface area contributed by atoms with Crippen LogP contribution in [0.1, 0.15) is 37.0 Å².